The van der Waals surface area contributed by atoms with E-state index >= 15 is 0 Å². The van der Waals surface area contributed by atoms with E-state index in [-0.39, 0.29) is 0 Å². The minimum atomic E-state index is 0.542. The molecule has 0 rings (SSSR count). The minimum Gasteiger partial charge on any atom is -0.494 e. The van der Waals surface area contributed by atoms with E-state index in [2.05, 4.69) is 27.0 Å². The lowest BCUT2D eigenvalue weighted by atomic mass is 10.2. The fraction of sp³-hybridized carbons (Fsp3) is 0.455. The van der Waals surface area contributed by atoms with Crippen LogP contribution in [-0.2, 0) is 4.74 Å². The van der Waals surface area contributed by atoms with E-state index in [0.717, 1.165) is 12.2 Å². The van der Waals surface area contributed by atoms with Crippen LogP contribution < -0.4 is 0 Å². The van der Waals surface area contributed by atoms with Crippen LogP contribution in [0.15, 0.2) is 36.6 Å². The highest BCUT2D eigenvalue weighted by Crippen LogP contribution is 2.02. The Hall–Kier alpha value is -0.980. The van der Waals surface area contributed by atoms with E-state index < -0.39 is 0 Å². The van der Waals surface area contributed by atoms with Crippen molar-refractivity contribution in [2.45, 2.75) is 20.8 Å². The van der Waals surface area contributed by atoms with Gasteiger partial charge in [-0.05, 0) is 18.9 Å². The van der Waals surface area contributed by atoms with Crippen LogP contribution >= 0.6 is 0 Å². The summed E-state index contributed by atoms with van der Waals surface area (Å²) < 4.78 is 5.33. The van der Waals surface area contributed by atoms with Crippen molar-refractivity contribution < 1.29 is 4.74 Å². The van der Waals surface area contributed by atoms with Crippen LogP contribution in [0.1, 0.15) is 20.8 Å². The summed E-state index contributed by atoms with van der Waals surface area (Å²) in [5, 5.41) is 0. The van der Waals surface area contributed by atoms with Crippen molar-refractivity contribution in [1.82, 2.24) is 0 Å². The first kappa shape index (κ1) is 11.0. The van der Waals surface area contributed by atoms with Crippen LogP contribution in [0.4, 0.5) is 0 Å². The van der Waals surface area contributed by atoms with Crippen molar-refractivity contribution in [3.8, 4) is 0 Å². The molecule has 0 saturated carbocycles. The summed E-state index contributed by atoms with van der Waals surface area (Å²) in [5.74, 6) is 1.24. The van der Waals surface area contributed by atoms with Crippen LogP contribution in [0.2, 0.25) is 0 Å². The lowest BCUT2D eigenvalue weighted by Gasteiger charge is -2.07. The minimum absolute atomic E-state index is 0.542. The van der Waals surface area contributed by atoms with Crippen LogP contribution in [0.3, 0.4) is 0 Å². The summed E-state index contributed by atoms with van der Waals surface area (Å²) >= 11 is 0. The predicted molar refractivity (Wildman–Crippen MR) is 53.9 cm³/mol. The Morgan fingerprint density at radius 2 is 1.92 bits per heavy atom. The maximum absolute atomic E-state index is 5.33. The highest BCUT2D eigenvalue weighted by molar-refractivity contribution is 5.19. The maximum Gasteiger partial charge on any atom is 0.112 e. The Balaban J connectivity index is 3.67. The fourth-order valence-corrected chi connectivity index (χ4v) is 0.557. The SMILES string of the molecule is C=C(C)/C=C\C(=C)OCC(C)C. The van der Waals surface area contributed by atoms with Gasteiger partial charge in [0.15, 0.2) is 0 Å². The Morgan fingerprint density at radius 1 is 1.33 bits per heavy atom. The molecule has 0 aromatic carbocycles. The van der Waals surface area contributed by atoms with Crippen LogP contribution in [0.25, 0.3) is 0 Å². The molecule has 0 fully saturated rings. The molecular formula is C11H18O. The average Bonchev–Trinajstić information content (AvgIpc) is 1.96. The van der Waals surface area contributed by atoms with E-state index in [1.165, 1.54) is 0 Å². The topological polar surface area (TPSA) is 9.23 Å². The molecule has 0 radical (unpaired) electrons. The molecule has 0 atom stereocenters. The van der Waals surface area contributed by atoms with Gasteiger partial charge in [-0.1, -0.05) is 38.7 Å². The zero-order valence-electron chi connectivity index (χ0n) is 8.26. The van der Waals surface area contributed by atoms with E-state index in [1.54, 1.807) is 0 Å². The van der Waals surface area contributed by atoms with Gasteiger partial charge in [0.1, 0.15) is 5.76 Å². The largest absolute Gasteiger partial charge is 0.494 e. The van der Waals surface area contributed by atoms with Crippen LogP contribution in [0, 0.1) is 5.92 Å². The predicted octanol–water partition coefficient (Wildman–Crippen LogP) is 3.31. The average molecular weight is 166 g/mol. The van der Waals surface area contributed by atoms with E-state index in [9.17, 15) is 0 Å². The third kappa shape index (κ3) is 7.13. The molecule has 1 nitrogen and oxygen atoms in total. The molecule has 0 aliphatic heterocycles. The number of allylic oxidation sites excluding steroid dienone is 3. The van der Waals surface area contributed by atoms with Crippen molar-refractivity contribution >= 4 is 0 Å². The van der Waals surface area contributed by atoms with Crippen molar-refractivity contribution in [3.63, 3.8) is 0 Å². The second kappa shape index (κ2) is 5.64. The van der Waals surface area contributed by atoms with Gasteiger partial charge in [-0.3, -0.25) is 0 Å². The van der Waals surface area contributed by atoms with Gasteiger partial charge in [0, 0.05) is 0 Å². The molecule has 12 heavy (non-hydrogen) atoms. The molecule has 68 valence electrons. The Labute approximate surface area is 75.4 Å². The third-order valence-corrected chi connectivity index (χ3v) is 1.16. The van der Waals surface area contributed by atoms with E-state index in [0.29, 0.717) is 11.7 Å². The first-order valence-electron chi connectivity index (χ1n) is 4.17. The molecule has 0 unspecified atom stereocenters. The molecule has 1 heteroatoms. The molecule has 0 amide bonds. The quantitative estimate of drug-likeness (QED) is 0.450. The molecule has 0 spiro atoms. The van der Waals surface area contributed by atoms with Gasteiger partial charge in [-0.15, -0.1) is 0 Å². The Kier molecular flexibility index (Phi) is 5.18. The number of rotatable bonds is 5. The first-order valence-corrected chi connectivity index (χ1v) is 4.17. The Bertz CT molecular complexity index is 187. The van der Waals surface area contributed by atoms with Gasteiger partial charge < -0.3 is 4.74 Å². The van der Waals surface area contributed by atoms with Gasteiger partial charge in [0.25, 0.3) is 0 Å². The molecule has 0 bridgehead atoms. The highest BCUT2D eigenvalue weighted by atomic mass is 16.5. The van der Waals surface area contributed by atoms with Gasteiger partial charge in [0.2, 0.25) is 0 Å². The maximum atomic E-state index is 5.33. The molecule has 0 aromatic heterocycles. The molecule has 0 aliphatic rings. The van der Waals surface area contributed by atoms with Crippen molar-refractivity contribution in [2.75, 3.05) is 6.61 Å². The van der Waals surface area contributed by atoms with Crippen LogP contribution in [0.5, 0.6) is 0 Å². The standard InChI is InChI=1S/C11H18O/c1-9(2)6-7-11(5)12-8-10(3)4/h6-7,10H,1,5,8H2,2-4H3/b7-6-. The first-order chi connectivity index (χ1) is 5.52. The van der Waals surface area contributed by atoms with E-state index in [4.69, 9.17) is 4.74 Å². The zero-order valence-corrected chi connectivity index (χ0v) is 8.26. The second-order valence-corrected chi connectivity index (χ2v) is 3.35. The summed E-state index contributed by atoms with van der Waals surface area (Å²) in [6.07, 6.45) is 3.73. The van der Waals surface area contributed by atoms with Crippen molar-refractivity contribution in [2.24, 2.45) is 5.92 Å². The van der Waals surface area contributed by atoms with Gasteiger partial charge in [-0.2, -0.15) is 0 Å². The van der Waals surface area contributed by atoms with Gasteiger partial charge >= 0.3 is 0 Å². The summed E-state index contributed by atoms with van der Waals surface area (Å²) in [4.78, 5) is 0. The molecule has 0 aliphatic carbocycles. The highest BCUT2D eigenvalue weighted by Gasteiger charge is 1.93. The van der Waals surface area contributed by atoms with Crippen molar-refractivity contribution in [1.29, 1.82) is 0 Å². The van der Waals surface area contributed by atoms with Crippen LogP contribution in [-0.4, -0.2) is 6.61 Å². The fourth-order valence-electron chi connectivity index (χ4n) is 0.557. The number of ether oxygens (including phenoxy) is 1. The van der Waals surface area contributed by atoms with E-state index in [1.807, 2.05) is 19.1 Å². The second-order valence-electron chi connectivity index (χ2n) is 3.35. The molecule has 0 saturated heterocycles. The summed E-state index contributed by atoms with van der Waals surface area (Å²) in [7, 11) is 0. The normalized spacial score (nSPS) is 10.7. The smallest absolute Gasteiger partial charge is 0.112 e. The monoisotopic (exact) mass is 166 g/mol. The van der Waals surface area contributed by atoms with Gasteiger partial charge in [-0.25, -0.2) is 0 Å². The molecular weight excluding hydrogens is 148 g/mol. The number of hydrogen-bond acceptors (Lipinski definition) is 1. The summed E-state index contributed by atoms with van der Waals surface area (Å²) in [6, 6.07) is 0. The van der Waals surface area contributed by atoms with Crippen molar-refractivity contribution in [3.05, 3.63) is 36.6 Å². The van der Waals surface area contributed by atoms with Gasteiger partial charge in [0.05, 0.1) is 6.61 Å². The lowest BCUT2D eigenvalue weighted by Crippen LogP contribution is -1.99. The molecule has 0 aromatic rings. The lowest BCUT2D eigenvalue weighted by molar-refractivity contribution is 0.191. The third-order valence-electron chi connectivity index (χ3n) is 1.16. The number of hydrogen-bond donors (Lipinski definition) is 0. The molecule has 0 N–H and O–H groups in total. The molecule has 0 heterocycles. The summed E-state index contributed by atoms with van der Waals surface area (Å²) in [6.45, 7) is 14.4. The summed E-state index contributed by atoms with van der Waals surface area (Å²) in [5.41, 5.74) is 1.00. The Morgan fingerprint density at radius 3 is 2.33 bits per heavy atom. The zero-order chi connectivity index (χ0) is 9.56.